The number of nitrogens with zero attached hydrogens (tertiary/aromatic N) is 3. The SMILES string of the molecule is CCN(CC)CC(c1ccccc1)N1CCN(C(=O)C(N)Cc2ccc(Cl)cc2)CC1. The summed E-state index contributed by atoms with van der Waals surface area (Å²) in [6, 6.07) is 18.1. The fourth-order valence-corrected chi connectivity index (χ4v) is 4.41. The largest absolute Gasteiger partial charge is 0.339 e. The topological polar surface area (TPSA) is 52.8 Å². The van der Waals surface area contributed by atoms with Gasteiger partial charge < -0.3 is 15.5 Å². The highest BCUT2D eigenvalue weighted by atomic mass is 35.5. The second kappa shape index (κ2) is 11.6. The molecule has 0 bridgehead atoms. The van der Waals surface area contributed by atoms with E-state index >= 15 is 0 Å². The number of likely N-dealkylation sites (N-methyl/N-ethyl adjacent to an activating group) is 1. The van der Waals surface area contributed by atoms with E-state index in [9.17, 15) is 4.79 Å². The lowest BCUT2D eigenvalue weighted by molar-refractivity contribution is -0.134. The van der Waals surface area contributed by atoms with Gasteiger partial charge in [0.15, 0.2) is 0 Å². The Hall–Kier alpha value is -1.92. The molecular formula is C25H35ClN4O. The molecule has 0 spiro atoms. The number of halogens is 1. The van der Waals surface area contributed by atoms with Crippen LogP contribution < -0.4 is 5.73 Å². The molecule has 6 heteroatoms. The number of carbonyl (C=O) groups excluding carboxylic acids is 1. The number of nitrogens with two attached hydrogens (primary N) is 1. The molecule has 0 aromatic heterocycles. The maximum Gasteiger partial charge on any atom is 0.239 e. The van der Waals surface area contributed by atoms with E-state index in [2.05, 4.69) is 54.0 Å². The first kappa shape index (κ1) is 23.7. The molecule has 1 aliphatic heterocycles. The molecule has 1 fully saturated rings. The number of carbonyl (C=O) groups is 1. The van der Waals surface area contributed by atoms with Crippen molar-refractivity contribution < 1.29 is 4.79 Å². The van der Waals surface area contributed by atoms with Gasteiger partial charge in [0.2, 0.25) is 5.91 Å². The molecule has 31 heavy (non-hydrogen) atoms. The zero-order valence-electron chi connectivity index (χ0n) is 18.7. The summed E-state index contributed by atoms with van der Waals surface area (Å²) in [4.78, 5) is 19.8. The highest BCUT2D eigenvalue weighted by molar-refractivity contribution is 6.30. The molecular weight excluding hydrogens is 408 g/mol. The predicted molar refractivity (Wildman–Crippen MR) is 128 cm³/mol. The minimum Gasteiger partial charge on any atom is -0.339 e. The number of rotatable bonds is 9. The Labute approximate surface area is 191 Å². The molecule has 3 rings (SSSR count). The van der Waals surface area contributed by atoms with Crippen molar-refractivity contribution in [3.8, 4) is 0 Å². The highest BCUT2D eigenvalue weighted by Crippen LogP contribution is 2.24. The molecule has 2 N–H and O–H groups in total. The van der Waals surface area contributed by atoms with Crippen molar-refractivity contribution >= 4 is 17.5 Å². The maximum atomic E-state index is 12.9. The van der Waals surface area contributed by atoms with Crippen LogP contribution in [-0.4, -0.2) is 72.5 Å². The van der Waals surface area contributed by atoms with Gasteiger partial charge in [-0.05, 0) is 42.8 Å². The van der Waals surface area contributed by atoms with Gasteiger partial charge in [0.25, 0.3) is 0 Å². The molecule has 0 radical (unpaired) electrons. The Morgan fingerprint density at radius 3 is 2.19 bits per heavy atom. The molecule has 2 unspecified atom stereocenters. The van der Waals surface area contributed by atoms with Gasteiger partial charge >= 0.3 is 0 Å². The monoisotopic (exact) mass is 442 g/mol. The number of amides is 1. The Bertz CT molecular complexity index is 802. The zero-order chi connectivity index (χ0) is 22.2. The molecule has 168 valence electrons. The van der Waals surface area contributed by atoms with Crippen LogP contribution in [0.4, 0.5) is 0 Å². The minimum absolute atomic E-state index is 0.0367. The summed E-state index contributed by atoms with van der Waals surface area (Å²) in [7, 11) is 0. The van der Waals surface area contributed by atoms with Crippen LogP contribution in [0.2, 0.25) is 5.02 Å². The summed E-state index contributed by atoms with van der Waals surface area (Å²) in [6.07, 6.45) is 0.533. The molecule has 1 amide bonds. The average Bonchev–Trinajstić information content (AvgIpc) is 2.81. The Morgan fingerprint density at radius 2 is 1.61 bits per heavy atom. The van der Waals surface area contributed by atoms with Gasteiger partial charge in [-0.15, -0.1) is 0 Å². The van der Waals surface area contributed by atoms with Crippen molar-refractivity contribution in [3.05, 3.63) is 70.7 Å². The third kappa shape index (κ3) is 6.53. The second-order valence-electron chi connectivity index (χ2n) is 8.21. The quantitative estimate of drug-likeness (QED) is 0.646. The molecule has 5 nitrogen and oxygen atoms in total. The van der Waals surface area contributed by atoms with E-state index < -0.39 is 6.04 Å². The lowest BCUT2D eigenvalue weighted by atomic mass is 10.0. The fraction of sp³-hybridized carbons (Fsp3) is 0.480. The first-order valence-electron chi connectivity index (χ1n) is 11.3. The van der Waals surface area contributed by atoms with Gasteiger partial charge in [-0.1, -0.05) is 67.9 Å². The third-order valence-electron chi connectivity index (χ3n) is 6.26. The Kier molecular flexibility index (Phi) is 8.90. The maximum absolute atomic E-state index is 12.9. The number of benzene rings is 2. The lowest BCUT2D eigenvalue weighted by Gasteiger charge is -2.41. The fourth-order valence-electron chi connectivity index (χ4n) is 4.28. The third-order valence-corrected chi connectivity index (χ3v) is 6.51. The lowest BCUT2D eigenvalue weighted by Crippen LogP contribution is -2.55. The summed E-state index contributed by atoms with van der Waals surface area (Å²) >= 11 is 5.95. The Balaban J connectivity index is 1.60. The van der Waals surface area contributed by atoms with E-state index in [-0.39, 0.29) is 5.91 Å². The molecule has 1 saturated heterocycles. The van der Waals surface area contributed by atoms with Crippen molar-refractivity contribution in [1.29, 1.82) is 0 Å². The predicted octanol–water partition coefficient (Wildman–Crippen LogP) is 3.44. The van der Waals surface area contributed by atoms with Crippen LogP contribution in [0.15, 0.2) is 54.6 Å². The first-order chi connectivity index (χ1) is 15.0. The normalized spacial score (nSPS) is 17.0. The van der Waals surface area contributed by atoms with Gasteiger partial charge in [0.05, 0.1) is 6.04 Å². The van der Waals surface area contributed by atoms with E-state index in [1.54, 1.807) is 0 Å². The molecule has 0 aliphatic carbocycles. The molecule has 2 aromatic rings. The van der Waals surface area contributed by atoms with Crippen molar-refractivity contribution in [2.75, 3.05) is 45.8 Å². The number of piperazine rings is 1. The van der Waals surface area contributed by atoms with Crippen molar-refractivity contribution in [2.24, 2.45) is 5.73 Å². The second-order valence-corrected chi connectivity index (χ2v) is 8.65. The molecule has 2 atom stereocenters. The summed E-state index contributed by atoms with van der Waals surface area (Å²) in [5.41, 5.74) is 8.64. The van der Waals surface area contributed by atoms with Crippen LogP contribution in [-0.2, 0) is 11.2 Å². The summed E-state index contributed by atoms with van der Waals surface area (Å²) in [5, 5.41) is 0.692. The van der Waals surface area contributed by atoms with E-state index in [1.165, 1.54) is 5.56 Å². The first-order valence-corrected chi connectivity index (χ1v) is 11.7. The molecule has 0 saturated carbocycles. The summed E-state index contributed by atoms with van der Waals surface area (Å²) in [5.74, 6) is 0.0367. The van der Waals surface area contributed by atoms with E-state index in [1.807, 2.05) is 29.2 Å². The van der Waals surface area contributed by atoms with Gasteiger partial charge in [-0.25, -0.2) is 0 Å². The van der Waals surface area contributed by atoms with Gasteiger partial charge in [0.1, 0.15) is 0 Å². The highest BCUT2D eigenvalue weighted by Gasteiger charge is 2.29. The van der Waals surface area contributed by atoms with Crippen LogP contribution in [0.5, 0.6) is 0 Å². The summed E-state index contributed by atoms with van der Waals surface area (Å²) in [6.45, 7) is 10.7. The van der Waals surface area contributed by atoms with E-state index in [0.29, 0.717) is 30.6 Å². The van der Waals surface area contributed by atoms with Crippen molar-refractivity contribution in [2.45, 2.75) is 32.4 Å². The number of hydrogen-bond acceptors (Lipinski definition) is 4. The zero-order valence-corrected chi connectivity index (χ0v) is 19.5. The molecule has 2 aromatic carbocycles. The van der Waals surface area contributed by atoms with Crippen LogP contribution in [0.1, 0.15) is 31.0 Å². The smallest absolute Gasteiger partial charge is 0.239 e. The van der Waals surface area contributed by atoms with Crippen LogP contribution in [0.25, 0.3) is 0 Å². The van der Waals surface area contributed by atoms with Crippen molar-refractivity contribution in [1.82, 2.24) is 14.7 Å². The molecule has 1 heterocycles. The Morgan fingerprint density at radius 1 is 1.00 bits per heavy atom. The van der Waals surface area contributed by atoms with Crippen molar-refractivity contribution in [3.63, 3.8) is 0 Å². The van der Waals surface area contributed by atoms with Crippen LogP contribution in [0.3, 0.4) is 0 Å². The average molecular weight is 443 g/mol. The number of hydrogen-bond donors (Lipinski definition) is 1. The van der Waals surface area contributed by atoms with Crippen LogP contribution in [0, 0.1) is 0 Å². The van der Waals surface area contributed by atoms with Crippen LogP contribution >= 0.6 is 11.6 Å². The van der Waals surface area contributed by atoms with Gasteiger partial charge in [0, 0.05) is 43.8 Å². The van der Waals surface area contributed by atoms with E-state index in [4.69, 9.17) is 17.3 Å². The summed E-state index contributed by atoms with van der Waals surface area (Å²) < 4.78 is 0. The standard InChI is InChI=1S/C25H35ClN4O/c1-3-28(4-2)19-24(21-8-6-5-7-9-21)29-14-16-30(17-15-29)25(31)23(27)18-20-10-12-22(26)13-11-20/h5-13,23-24H,3-4,14-19,27H2,1-2H3. The van der Waals surface area contributed by atoms with E-state index in [0.717, 1.165) is 38.3 Å². The van der Waals surface area contributed by atoms with Gasteiger partial charge in [-0.2, -0.15) is 0 Å². The minimum atomic E-state index is -0.520. The molecule has 1 aliphatic rings. The van der Waals surface area contributed by atoms with Gasteiger partial charge in [-0.3, -0.25) is 9.69 Å².